The molecular weight excluding hydrogens is 485 g/mol. The maximum absolute atomic E-state index is 13.0. The monoisotopic (exact) mass is 515 g/mol. The maximum atomic E-state index is 13.0. The third-order valence-electron chi connectivity index (χ3n) is 5.65. The Kier molecular flexibility index (Phi) is 8.13. The molecule has 0 unspecified atom stereocenters. The molecule has 0 saturated heterocycles. The predicted octanol–water partition coefficient (Wildman–Crippen LogP) is 6.59. The third kappa shape index (κ3) is 6.55. The van der Waals surface area contributed by atoms with E-state index in [1.54, 1.807) is 22.9 Å². The Labute approximate surface area is 216 Å². The smallest absolute Gasteiger partial charge is 0.315 e. The molecule has 0 fully saturated rings. The van der Waals surface area contributed by atoms with E-state index in [1.165, 1.54) is 4.90 Å². The Morgan fingerprint density at radius 3 is 2.29 bits per heavy atom. The highest BCUT2D eigenvalue weighted by Gasteiger charge is 2.23. The van der Waals surface area contributed by atoms with Gasteiger partial charge in [-0.25, -0.2) is 9.48 Å². The molecule has 3 amide bonds. The average molecular weight is 516 g/mol. The van der Waals surface area contributed by atoms with E-state index >= 15 is 0 Å². The molecule has 2 N–H and O–H groups in total. The van der Waals surface area contributed by atoms with Crippen molar-refractivity contribution in [2.24, 2.45) is 0 Å². The van der Waals surface area contributed by atoms with Crippen LogP contribution >= 0.6 is 23.2 Å². The van der Waals surface area contributed by atoms with Crippen molar-refractivity contribution in [2.45, 2.75) is 47.0 Å². The van der Waals surface area contributed by atoms with Gasteiger partial charge in [0.2, 0.25) is 5.91 Å². The quantitative estimate of drug-likeness (QED) is 0.388. The zero-order valence-electron chi connectivity index (χ0n) is 20.9. The van der Waals surface area contributed by atoms with E-state index in [9.17, 15) is 9.59 Å². The Hall–Kier alpha value is -3.03. The van der Waals surface area contributed by atoms with Crippen LogP contribution in [0.4, 0.5) is 16.3 Å². The lowest BCUT2D eigenvalue weighted by atomic mass is 9.92. The minimum absolute atomic E-state index is 0.120. The van der Waals surface area contributed by atoms with E-state index in [1.807, 2.05) is 65.8 Å². The van der Waals surface area contributed by atoms with Gasteiger partial charge in [0.1, 0.15) is 12.4 Å². The summed E-state index contributed by atoms with van der Waals surface area (Å²) in [5, 5.41) is 11.3. The van der Waals surface area contributed by atoms with Crippen molar-refractivity contribution in [1.82, 2.24) is 14.7 Å². The van der Waals surface area contributed by atoms with Crippen LogP contribution in [0.25, 0.3) is 5.69 Å². The molecule has 0 aliphatic carbocycles. The van der Waals surface area contributed by atoms with Gasteiger partial charge in [-0.2, -0.15) is 5.10 Å². The first kappa shape index (κ1) is 26.6. The Balaban J connectivity index is 1.79. The molecule has 3 aromatic rings. The number of aromatic nitrogens is 2. The minimum atomic E-state index is -0.348. The number of hydrogen-bond donors (Lipinski definition) is 2. The van der Waals surface area contributed by atoms with Gasteiger partial charge in [-0.15, -0.1) is 0 Å². The highest BCUT2D eigenvalue weighted by molar-refractivity contribution is 6.42. The number of nitrogens with one attached hydrogen (secondary N) is 2. The van der Waals surface area contributed by atoms with Gasteiger partial charge in [0.25, 0.3) is 0 Å². The van der Waals surface area contributed by atoms with Crippen LogP contribution in [0.5, 0.6) is 0 Å². The molecule has 0 saturated carbocycles. The number of urea groups is 1. The van der Waals surface area contributed by atoms with Crippen LogP contribution in [0.2, 0.25) is 10.0 Å². The topological polar surface area (TPSA) is 79.3 Å². The number of hydrogen-bond acceptors (Lipinski definition) is 3. The number of halogens is 2. The van der Waals surface area contributed by atoms with Crippen LogP contribution in [0.15, 0.2) is 42.5 Å². The normalized spacial score (nSPS) is 11.3. The zero-order valence-corrected chi connectivity index (χ0v) is 22.4. The summed E-state index contributed by atoms with van der Waals surface area (Å²) in [5.41, 5.74) is 4.10. The van der Waals surface area contributed by atoms with Crippen molar-refractivity contribution in [1.29, 1.82) is 0 Å². The van der Waals surface area contributed by atoms with E-state index in [0.29, 0.717) is 33.8 Å². The van der Waals surface area contributed by atoms with Gasteiger partial charge in [-0.05, 0) is 62.2 Å². The molecule has 0 atom stereocenters. The number of carbonyl (C=O) groups is 2. The molecule has 35 heavy (non-hydrogen) atoms. The third-order valence-corrected chi connectivity index (χ3v) is 6.39. The van der Waals surface area contributed by atoms with Crippen molar-refractivity contribution in [3.05, 3.63) is 69.3 Å². The summed E-state index contributed by atoms with van der Waals surface area (Å²) in [4.78, 5) is 27.2. The van der Waals surface area contributed by atoms with E-state index in [4.69, 9.17) is 23.2 Å². The summed E-state index contributed by atoms with van der Waals surface area (Å²) in [7, 11) is 0. The lowest BCUT2D eigenvalue weighted by Gasteiger charge is -2.21. The molecule has 0 aliphatic rings. The van der Waals surface area contributed by atoms with Crippen molar-refractivity contribution in [3.63, 3.8) is 0 Å². The number of aryl methyl sites for hydroxylation is 2. The average Bonchev–Trinajstić information content (AvgIpc) is 3.20. The zero-order chi connectivity index (χ0) is 25.9. The fraction of sp³-hybridized carbons (Fsp3) is 0.346. The summed E-state index contributed by atoms with van der Waals surface area (Å²) >= 11 is 12.3. The fourth-order valence-electron chi connectivity index (χ4n) is 3.35. The van der Waals surface area contributed by atoms with Gasteiger partial charge in [0.05, 0.1) is 21.4 Å². The molecule has 9 heteroatoms. The fourth-order valence-corrected chi connectivity index (χ4v) is 3.65. The summed E-state index contributed by atoms with van der Waals surface area (Å²) in [6.07, 6.45) is 0. The van der Waals surface area contributed by atoms with Gasteiger partial charge >= 0.3 is 6.03 Å². The second-order valence-electron chi connectivity index (χ2n) is 9.47. The van der Waals surface area contributed by atoms with Crippen molar-refractivity contribution in [2.75, 3.05) is 23.7 Å². The van der Waals surface area contributed by atoms with Gasteiger partial charge in [0, 0.05) is 23.7 Å². The standard InChI is InChI=1S/C26H31Cl2N5O2/c1-7-32(25(35)29-18-9-8-16(2)17(3)12-18)15-24(34)30-23-14-22(26(4,5)6)31-33(23)19-10-11-20(27)21(28)13-19/h8-14H,7,15H2,1-6H3,(H,29,35)(H,30,34). The maximum Gasteiger partial charge on any atom is 0.322 e. The number of nitrogens with zero attached hydrogens (tertiary/aromatic N) is 3. The predicted molar refractivity (Wildman–Crippen MR) is 143 cm³/mol. The van der Waals surface area contributed by atoms with Gasteiger partial charge in [-0.1, -0.05) is 50.0 Å². The first-order valence-corrected chi connectivity index (χ1v) is 12.1. The molecule has 1 heterocycles. The van der Waals surface area contributed by atoms with Crippen LogP contribution in [0, 0.1) is 13.8 Å². The molecule has 1 aromatic heterocycles. The number of rotatable bonds is 6. The molecule has 0 bridgehead atoms. The van der Waals surface area contributed by atoms with Crippen LogP contribution < -0.4 is 10.6 Å². The molecule has 7 nitrogen and oxygen atoms in total. The first-order chi connectivity index (χ1) is 16.4. The van der Waals surface area contributed by atoms with Crippen LogP contribution in [0.1, 0.15) is 44.5 Å². The highest BCUT2D eigenvalue weighted by atomic mass is 35.5. The van der Waals surface area contributed by atoms with Crippen LogP contribution in [-0.4, -0.2) is 39.7 Å². The highest BCUT2D eigenvalue weighted by Crippen LogP contribution is 2.29. The van der Waals surface area contributed by atoms with Gasteiger partial charge < -0.3 is 15.5 Å². The van der Waals surface area contributed by atoms with E-state index in [0.717, 1.165) is 16.8 Å². The summed E-state index contributed by atoms with van der Waals surface area (Å²) in [6, 6.07) is 12.3. The number of carbonyl (C=O) groups excluding carboxylic acids is 2. The van der Waals surface area contributed by atoms with E-state index < -0.39 is 0 Å². The molecule has 0 radical (unpaired) electrons. The van der Waals surface area contributed by atoms with Gasteiger partial charge in [-0.3, -0.25) is 4.79 Å². The lowest BCUT2D eigenvalue weighted by molar-refractivity contribution is -0.116. The van der Waals surface area contributed by atoms with E-state index in [2.05, 4.69) is 15.7 Å². The molecular formula is C26H31Cl2N5O2. The summed E-state index contributed by atoms with van der Waals surface area (Å²) in [5.74, 6) is 0.132. The Morgan fingerprint density at radius 1 is 0.971 bits per heavy atom. The van der Waals surface area contributed by atoms with Crippen LogP contribution in [0.3, 0.4) is 0 Å². The Bertz CT molecular complexity index is 1250. The molecule has 186 valence electrons. The lowest BCUT2D eigenvalue weighted by Crippen LogP contribution is -2.40. The molecule has 0 spiro atoms. The van der Waals surface area contributed by atoms with Gasteiger partial charge in [0.15, 0.2) is 0 Å². The second-order valence-corrected chi connectivity index (χ2v) is 10.3. The van der Waals surface area contributed by atoms with Crippen molar-refractivity contribution in [3.8, 4) is 5.69 Å². The number of amides is 3. The molecule has 0 aliphatic heterocycles. The van der Waals surface area contributed by atoms with E-state index in [-0.39, 0.29) is 23.9 Å². The molecule has 2 aromatic carbocycles. The number of likely N-dealkylation sites (N-methyl/N-ethyl adjacent to an activating group) is 1. The molecule has 3 rings (SSSR count). The second kappa shape index (κ2) is 10.7. The summed E-state index contributed by atoms with van der Waals surface area (Å²) < 4.78 is 1.62. The number of anilines is 2. The summed E-state index contributed by atoms with van der Waals surface area (Å²) in [6.45, 7) is 12.2. The largest absolute Gasteiger partial charge is 0.322 e. The van der Waals surface area contributed by atoms with Crippen LogP contribution in [-0.2, 0) is 10.2 Å². The number of benzene rings is 2. The Morgan fingerprint density at radius 2 is 1.69 bits per heavy atom. The SMILES string of the molecule is CCN(CC(=O)Nc1cc(C(C)(C)C)nn1-c1ccc(Cl)c(Cl)c1)C(=O)Nc1ccc(C)c(C)c1. The van der Waals surface area contributed by atoms with Crippen molar-refractivity contribution < 1.29 is 9.59 Å². The first-order valence-electron chi connectivity index (χ1n) is 11.4. The van der Waals surface area contributed by atoms with Crippen molar-refractivity contribution >= 4 is 46.6 Å². The minimum Gasteiger partial charge on any atom is -0.315 e.